The number of halogens is 2. The minimum Gasteiger partial charge on any atom is -0.484 e. The third kappa shape index (κ3) is 7.34. The SMILES string of the molecule is CC.CCCCn1cc(-c2cc(F)c(OC3CCN(C(=O)OC(C)(C)C)CC3)c(F)c2)c2ccncc2c1=O. The molecule has 0 unspecified atom stereocenters. The van der Waals surface area contributed by atoms with Crippen LogP contribution in [-0.2, 0) is 11.3 Å². The van der Waals surface area contributed by atoms with Crippen molar-refractivity contribution < 1.29 is 23.0 Å². The Hall–Kier alpha value is -3.49. The van der Waals surface area contributed by atoms with Gasteiger partial charge in [0.15, 0.2) is 17.4 Å². The summed E-state index contributed by atoms with van der Waals surface area (Å²) >= 11 is 0. The van der Waals surface area contributed by atoms with Gasteiger partial charge < -0.3 is 18.9 Å². The van der Waals surface area contributed by atoms with E-state index in [2.05, 4.69) is 4.98 Å². The van der Waals surface area contributed by atoms with E-state index < -0.39 is 35.2 Å². The van der Waals surface area contributed by atoms with Crippen LogP contribution in [0.3, 0.4) is 0 Å². The first-order chi connectivity index (χ1) is 18.6. The molecule has 0 aliphatic carbocycles. The molecule has 0 atom stereocenters. The summed E-state index contributed by atoms with van der Waals surface area (Å²) in [6.07, 6.45) is 6.41. The molecule has 7 nitrogen and oxygen atoms in total. The van der Waals surface area contributed by atoms with Gasteiger partial charge in [0, 0.05) is 56.6 Å². The molecule has 1 aliphatic heterocycles. The molecule has 1 saturated heterocycles. The van der Waals surface area contributed by atoms with Gasteiger partial charge in [0.25, 0.3) is 5.56 Å². The van der Waals surface area contributed by atoms with Gasteiger partial charge in [-0.15, -0.1) is 0 Å². The molecular formula is C30H39F2N3O4. The molecule has 1 aromatic carbocycles. The maximum Gasteiger partial charge on any atom is 0.410 e. The van der Waals surface area contributed by atoms with E-state index in [1.807, 2.05) is 20.8 Å². The molecular weight excluding hydrogens is 504 g/mol. The average Bonchev–Trinajstić information content (AvgIpc) is 2.91. The molecule has 1 aliphatic rings. The van der Waals surface area contributed by atoms with Crippen LogP contribution in [0.4, 0.5) is 13.6 Å². The molecule has 39 heavy (non-hydrogen) atoms. The standard InChI is InChI=1S/C28H33F2N3O4.C2H6/c1-5-6-11-33-17-22(20-7-10-31-16-21(20)26(33)34)18-14-23(29)25(24(30)15-18)36-19-8-12-32(13-9-19)27(35)37-28(2,3)4;1-2/h7,10,14-17,19H,5-6,8-9,11-13H2,1-4H3;1-2H3. The fraction of sp³-hybridized carbons (Fsp3) is 0.500. The average molecular weight is 544 g/mol. The van der Waals surface area contributed by atoms with Gasteiger partial charge in [-0.2, -0.15) is 0 Å². The molecule has 212 valence electrons. The third-order valence-corrected chi connectivity index (χ3v) is 6.33. The Morgan fingerprint density at radius 1 is 1.10 bits per heavy atom. The molecule has 1 amide bonds. The fourth-order valence-electron chi connectivity index (χ4n) is 4.44. The number of hydrogen-bond donors (Lipinski definition) is 0. The number of amides is 1. The maximum absolute atomic E-state index is 15.2. The van der Waals surface area contributed by atoms with E-state index in [4.69, 9.17) is 9.47 Å². The Kier molecular flexibility index (Phi) is 10.1. The quantitative estimate of drug-likeness (QED) is 0.337. The van der Waals surface area contributed by atoms with Crippen molar-refractivity contribution in [3.8, 4) is 16.9 Å². The van der Waals surface area contributed by atoms with E-state index in [0.29, 0.717) is 54.4 Å². The van der Waals surface area contributed by atoms with Gasteiger partial charge in [-0.05, 0) is 56.3 Å². The minimum absolute atomic E-state index is 0.182. The number of fused-ring (bicyclic) bond motifs is 1. The van der Waals surface area contributed by atoms with Crippen LogP contribution in [0.5, 0.6) is 5.75 Å². The molecule has 0 N–H and O–H groups in total. The molecule has 3 heterocycles. The van der Waals surface area contributed by atoms with Gasteiger partial charge in [-0.3, -0.25) is 9.78 Å². The van der Waals surface area contributed by atoms with Crippen LogP contribution < -0.4 is 10.3 Å². The van der Waals surface area contributed by atoms with Gasteiger partial charge in [0.2, 0.25) is 0 Å². The molecule has 9 heteroatoms. The molecule has 1 fully saturated rings. The second-order valence-electron chi connectivity index (χ2n) is 10.4. The van der Waals surface area contributed by atoms with Gasteiger partial charge in [0.05, 0.1) is 5.39 Å². The van der Waals surface area contributed by atoms with Crippen LogP contribution in [0.1, 0.15) is 67.2 Å². The van der Waals surface area contributed by atoms with E-state index in [1.54, 1.807) is 48.7 Å². The Morgan fingerprint density at radius 3 is 2.33 bits per heavy atom. The first kappa shape index (κ1) is 30.1. The van der Waals surface area contributed by atoms with Crippen molar-refractivity contribution in [1.82, 2.24) is 14.5 Å². The zero-order valence-corrected chi connectivity index (χ0v) is 23.7. The zero-order chi connectivity index (χ0) is 28.7. The monoisotopic (exact) mass is 543 g/mol. The summed E-state index contributed by atoms with van der Waals surface area (Å²) in [7, 11) is 0. The number of hydrogen-bond acceptors (Lipinski definition) is 5. The third-order valence-electron chi connectivity index (χ3n) is 6.33. The summed E-state index contributed by atoms with van der Waals surface area (Å²) in [5.41, 5.74) is 0.0781. The number of aryl methyl sites for hydroxylation is 1. The maximum atomic E-state index is 15.2. The number of ether oxygens (including phenoxy) is 2. The lowest BCUT2D eigenvalue weighted by Gasteiger charge is -2.33. The first-order valence-electron chi connectivity index (χ1n) is 13.7. The van der Waals surface area contributed by atoms with Crippen LogP contribution in [-0.4, -0.2) is 45.3 Å². The number of unbranched alkanes of at least 4 members (excludes halogenated alkanes) is 1. The van der Waals surface area contributed by atoms with Crippen LogP contribution in [0, 0.1) is 11.6 Å². The van der Waals surface area contributed by atoms with Crippen molar-refractivity contribution in [1.29, 1.82) is 0 Å². The Balaban J connectivity index is 0.00000205. The number of aromatic nitrogens is 2. The van der Waals surface area contributed by atoms with Crippen LogP contribution >= 0.6 is 0 Å². The second-order valence-corrected chi connectivity index (χ2v) is 10.4. The number of likely N-dealkylation sites (tertiary alicyclic amines) is 1. The van der Waals surface area contributed by atoms with E-state index in [9.17, 15) is 9.59 Å². The number of rotatable bonds is 6. The number of nitrogens with zero attached hydrogens (tertiary/aromatic N) is 3. The Bertz CT molecular complexity index is 1320. The lowest BCUT2D eigenvalue weighted by atomic mass is 10.0. The normalized spacial score (nSPS) is 14.1. The largest absolute Gasteiger partial charge is 0.484 e. The van der Waals surface area contributed by atoms with Gasteiger partial charge in [0.1, 0.15) is 11.7 Å². The van der Waals surface area contributed by atoms with Crippen molar-refractivity contribution in [2.75, 3.05) is 13.1 Å². The van der Waals surface area contributed by atoms with E-state index in [-0.39, 0.29) is 5.56 Å². The Morgan fingerprint density at radius 2 is 1.74 bits per heavy atom. The molecule has 3 aromatic rings. The summed E-state index contributed by atoms with van der Waals surface area (Å²) in [5, 5.41) is 0.976. The molecule has 4 rings (SSSR count). The summed E-state index contributed by atoms with van der Waals surface area (Å²) in [6.45, 7) is 12.7. The first-order valence-corrected chi connectivity index (χ1v) is 13.7. The highest BCUT2D eigenvalue weighted by molar-refractivity contribution is 5.95. The molecule has 2 aromatic heterocycles. The number of benzene rings is 1. The molecule has 0 spiro atoms. The Labute approximate surface area is 228 Å². The smallest absolute Gasteiger partial charge is 0.410 e. The van der Waals surface area contributed by atoms with E-state index in [1.165, 1.54) is 18.3 Å². The highest BCUT2D eigenvalue weighted by Crippen LogP contribution is 2.33. The summed E-state index contributed by atoms with van der Waals surface area (Å²) in [6, 6.07) is 4.14. The van der Waals surface area contributed by atoms with Crippen LogP contribution in [0.2, 0.25) is 0 Å². The highest BCUT2D eigenvalue weighted by atomic mass is 19.1. The predicted octanol–water partition coefficient (Wildman–Crippen LogP) is 6.95. The lowest BCUT2D eigenvalue weighted by molar-refractivity contribution is 0.0119. The minimum atomic E-state index is -0.821. The summed E-state index contributed by atoms with van der Waals surface area (Å²) in [5.74, 6) is -2.08. The van der Waals surface area contributed by atoms with Gasteiger partial charge in [-0.25, -0.2) is 13.6 Å². The highest BCUT2D eigenvalue weighted by Gasteiger charge is 2.29. The zero-order valence-electron chi connectivity index (χ0n) is 23.7. The molecule has 0 radical (unpaired) electrons. The molecule has 0 saturated carbocycles. The van der Waals surface area contributed by atoms with Crippen molar-refractivity contribution in [2.45, 2.75) is 85.5 Å². The van der Waals surface area contributed by atoms with Crippen molar-refractivity contribution in [3.63, 3.8) is 0 Å². The summed E-state index contributed by atoms with van der Waals surface area (Å²) < 4.78 is 43.1. The lowest BCUT2D eigenvalue weighted by Crippen LogP contribution is -2.44. The van der Waals surface area contributed by atoms with Crippen LogP contribution in [0.15, 0.2) is 41.6 Å². The number of carbonyl (C=O) groups is 1. The van der Waals surface area contributed by atoms with Gasteiger partial charge >= 0.3 is 6.09 Å². The number of pyridine rings is 2. The number of piperidine rings is 1. The predicted molar refractivity (Wildman–Crippen MR) is 149 cm³/mol. The summed E-state index contributed by atoms with van der Waals surface area (Å²) in [4.78, 5) is 30.8. The molecule has 0 bridgehead atoms. The van der Waals surface area contributed by atoms with Crippen molar-refractivity contribution in [2.24, 2.45) is 0 Å². The van der Waals surface area contributed by atoms with Crippen molar-refractivity contribution in [3.05, 3.63) is 58.8 Å². The number of carbonyl (C=O) groups excluding carboxylic acids is 1. The fourth-order valence-corrected chi connectivity index (χ4v) is 4.44. The second kappa shape index (κ2) is 13.0. The topological polar surface area (TPSA) is 73.7 Å². The van der Waals surface area contributed by atoms with E-state index >= 15 is 8.78 Å². The van der Waals surface area contributed by atoms with Crippen molar-refractivity contribution >= 4 is 16.9 Å². The van der Waals surface area contributed by atoms with Crippen LogP contribution in [0.25, 0.3) is 21.9 Å². The van der Waals surface area contributed by atoms with Gasteiger partial charge in [-0.1, -0.05) is 27.2 Å². The van der Waals surface area contributed by atoms with E-state index in [0.717, 1.165) is 12.8 Å².